The minimum Gasteiger partial charge on any atom is -0.328 e. The van der Waals surface area contributed by atoms with Crippen LogP contribution in [0.25, 0.3) is 0 Å². The van der Waals surface area contributed by atoms with E-state index in [-0.39, 0.29) is 0 Å². The average molecular weight is 127 g/mol. The molecule has 2 N–H and O–H groups in total. The molecule has 1 saturated carbocycles. The molecular formula is C8H17N. The molecule has 1 fully saturated rings. The predicted octanol–water partition coefficient (Wildman–Crippen LogP) is 1.77. The van der Waals surface area contributed by atoms with Crippen LogP contribution in [-0.2, 0) is 0 Å². The van der Waals surface area contributed by atoms with Gasteiger partial charge in [-0.05, 0) is 24.2 Å². The van der Waals surface area contributed by atoms with E-state index in [4.69, 9.17) is 5.73 Å². The second-order valence-corrected chi connectivity index (χ2v) is 4.29. The summed E-state index contributed by atoms with van der Waals surface area (Å²) in [6.07, 6.45) is 2.48. The van der Waals surface area contributed by atoms with E-state index in [0.29, 0.717) is 11.5 Å². The Bertz CT molecular complexity index is 95.6. The third-order valence-corrected chi connectivity index (χ3v) is 2.40. The predicted molar refractivity (Wildman–Crippen MR) is 40.2 cm³/mol. The summed E-state index contributed by atoms with van der Waals surface area (Å²) in [5.74, 6) is 0.882. The van der Waals surface area contributed by atoms with E-state index in [0.717, 1.165) is 5.92 Å². The van der Waals surface area contributed by atoms with Gasteiger partial charge in [-0.2, -0.15) is 0 Å². The summed E-state index contributed by atoms with van der Waals surface area (Å²) >= 11 is 0. The summed E-state index contributed by atoms with van der Waals surface area (Å²) in [6, 6.07) is 0.509. The van der Waals surface area contributed by atoms with Gasteiger partial charge in [-0.25, -0.2) is 0 Å². The molecule has 1 aliphatic carbocycles. The summed E-state index contributed by atoms with van der Waals surface area (Å²) in [4.78, 5) is 0. The van der Waals surface area contributed by atoms with Crippen molar-refractivity contribution >= 4 is 0 Å². The molecule has 0 atom stereocenters. The Morgan fingerprint density at radius 1 is 1.22 bits per heavy atom. The van der Waals surface area contributed by atoms with Crippen LogP contribution in [0.15, 0.2) is 0 Å². The van der Waals surface area contributed by atoms with Gasteiger partial charge in [-0.3, -0.25) is 0 Å². The fourth-order valence-electron chi connectivity index (χ4n) is 1.37. The molecule has 54 valence electrons. The first kappa shape index (κ1) is 7.07. The molecule has 1 aliphatic rings. The standard InChI is InChI=1S/C8H17N/c1-8(2,3)6-4-7(9)5-6/h6-7H,4-5,9H2,1-3H3/t6-,7-. The molecule has 9 heavy (non-hydrogen) atoms. The van der Waals surface area contributed by atoms with Gasteiger partial charge in [0.1, 0.15) is 0 Å². The first-order chi connectivity index (χ1) is 4.00. The first-order valence-electron chi connectivity index (χ1n) is 3.76. The summed E-state index contributed by atoms with van der Waals surface area (Å²) in [6.45, 7) is 6.89. The van der Waals surface area contributed by atoms with Gasteiger partial charge in [0.25, 0.3) is 0 Å². The molecule has 0 heterocycles. The molecule has 0 bridgehead atoms. The maximum atomic E-state index is 5.67. The molecule has 0 aliphatic heterocycles. The van der Waals surface area contributed by atoms with Crippen molar-refractivity contribution in [2.24, 2.45) is 17.1 Å². The van der Waals surface area contributed by atoms with Crippen LogP contribution in [-0.4, -0.2) is 6.04 Å². The van der Waals surface area contributed by atoms with Gasteiger partial charge in [-0.15, -0.1) is 0 Å². The largest absolute Gasteiger partial charge is 0.328 e. The van der Waals surface area contributed by atoms with Crippen LogP contribution in [0.2, 0.25) is 0 Å². The van der Waals surface area contributed by atoms with Crippen molar-refractivity contribution in [2.75, 3.05) is 0 Å². The summed E-state index contributed by atoms with van der Waals surface area (Å²) in [7, 11) is 0. The zero-order valence-electron chi connectivity index (χ0n) is 6.65. The molecule has 0 amide bonds. The molecule has 1 nitrogen and oxygen atoms in total. The average Bonchev–Trinajstić information content (AvgIpc) is 1.55. The zero-order chi connectivity index (χ0) is 7.07. The lowest BCUT2D eigenvalue weighted by atomic mass is 9.66. The topological polar surface area (TPSA) is 26.0 Å². The van der Waals surface area contributed by atoms with E-state index in [2.05, 4.69) is 20.8 Å². The van der Waals surface area contributed by atoms with Crippen LogP contribution in [0.1, 0.15) is 33.6 Å². The van der Waals surface area contributed by atoms with E-state index >= 15 is 0 Å². The lowest BCUT2D eigenvalue weighted by Crippen LogP contribution is -2.42. The Morgan fingerprint density at radius 3 is 1.78 bits per heavy atom. The minimum absolute atomic E-state index is 0.496. The fraction of sp³-hybridized carbons (Fsp3) is 1.00. The Hall–Kier alpha value is -0.0400. The molecule has 0 saturated heterocycles. The van der Waals surface area contributed by atoms with Crippen molar-refractivity contribution in [1.82, 2.24) is 0 Å². The van der Waals surface area contributed by atoms with Gasteiger partial charge < -0.3 is 5.73 Å². The van der Waals surface area contributed by atoms with E-state index in [1.165, 1.54) is 12.8 Å². The van der Waals surface area contributed by atoms with Crippen LogP contribution in [0.4, 0.5) is 0 Å². The Labute approximate surface area is 57.6 Å². The second kappa shape index (κ2) is 1.98. The van der Waals surface area contributed by atoms with Crippen molar-refractivity contribution in [3.8, 4) is 0 Å². The number of hydrogen-bond acceptors (Lipinski definition) is 1. The fourth-order valence-corrected chi connectivity index (χ4v) is 1.37. The molecular weight excluding hydrogens is 110 g/mol. The third kappa shape index (κ3) is 1.45. The minimum atomic E-state index is 0.496. The SMILES string of the molecule is CC(C)(C)[C@H]1C[C@H](N)C1. The van der Waals surface area contributed by atoms with Gasteiger partial charge in [-0.1, -0.05) is 20.8 Å². The highest BCUT2D eigenvalue weighted by Crippen LogP contribution is 2.40. The number of nitrogens with two attached hydrogens (primary N) is 1. The van der Waals surface area contributed by atoms with Gasteiger partial charge in [0, 0.05) is 6.04 Å². The summed E-state index contributed by atoms with van der Waals surface area (Å²) < 4.78 is 0. The Balaban J connectivity index is 2.32. The van der Waals surface area contributed by atoms with Crippen molar-refractivity contribution in [1.29, 1.82) is 0 Å². The summed E-state index contributed by atoms with van der Waals surface area (Å²) in [5, 5.41) is 0. The number of hydrogen-bond donors (Lipinski definition) is 1. The molecule has 0 aromatic rings. The smallest absolute Gasteiger partial charge is 0.00445 e. The van der Waals surface area contributed by atoms with E-state index in [1.807, 2.05) is 0 Å². The second-order valence-electron chi connectivity index (χ2n) is 4.29. The van der Waals surface area contributed by atoms with E-state index < -0.39 is 0 Å². The first-order valence-corrected chi connectivity index (χ1v) is 3.76. The maximum absolute atomic E-state index is 5.67. The van der Waals surface area contributed by atoms with Crippen LogP contribution in [0, 0.1) is 11.3 Å². The Morgan fingerprint density at radius 2 is 1.67 bits per heavy atom. The lowest BCUT2D eigenvalue weighted by Gasteiger charge is -2.41. The third-order valence-electron chi connectivity index (χ3n) is 2.40. The molecule has 0 spiro atoms. The molecule has 0 aromatic carbocycles. The van der Waals surface area contributed by atoms with Crippen molar-refractivity contribution in [3.63, 3.8) is 0 Å². The normalized spacial score (nSPS) is 36.0. The quantitative estimate of drug-likeness (QED) is 0.527. The van der Waals surface area contributed by atoms with Crippen LogP contribution < -0.4 is 5.73 Å². The summed E-state index contributed by atoms with van der Waals surface area (Å²) in [5.41, 5.74) is 6.16. The van der Waals surface area contributed by atoms with E-state index in [1.54, 1.807) is 0 Å². The molecule has 0 radical (unpaired) electrons. The maximum Gasteiger partial charge on any atom is 0.00445 e. The van der Waals surface area contributed by atoms with Crippen LogP contribution in [0.5, 0.6) is 0 Å². The van der Waals surface area contributed by atoms with Gasteiger partial charge >= 0.3 is 0 Å². The highest BCUT2D eigenvalue weighted by molar-refractivity contribution is 4.89. The number of rotatable bonds is 0. The van der Waals surface area contributed by atoms with Crippen molar-refractivity contribution < 1.29 is 0 Å². The molecule has 1 heteroatoms. The lowest BCUT2D eigenvalue weighted by molar-refractivity contribution is 0.118. The highest BCUT2D eigenvalue weighted by atomic mass is 14.7. The Kier molecular flexibility index (Phi) is 1.55. The van der Waals surface area contributed by atoms with Crippen LogP contribution in [0.3, 0.4) is 0 Å². The highest BCUT2D eigenvalue weighted by Gasteiger charge is 2.34. The van der Waals surface area contributed by atoms with E-state index in [9.17, 15) is 0 Å². The van der Waals surface area contributed by atoms with Gasteiger partial charge in [0.15, 0.2) is 0 Å². The molecule has 1 rings (SSSR count). The monoisotopic (exact) mass is 127 g/mol. The zero-order valence-corrected chi connectivity index (χ0v) is 6.65. The van der Waals surface area contributed by atoms with Crippen molar-refractivity contribution in [3.05, 3.63) is 0 Å². The molecule has 0 unspecified atom stereocenters. The van der Waals surface area contributed by atoms with Gasteiger partial charge in [0.05, 0.1) is 0 Å². The molecule has 0 aromatic heterocycles. The van der Waals surface area contributed by atoms with Gasteiger partial charge in [0.2, 0.25) is 0 Å². The van der Waals surface area contributed by atoms with Crippen LogP contribution >= 0.6 is 0 Å². The van der Waals surface area contributed by atoms with Crippen molar-refractivity contribution in [2.45, 2.75) is 39.7 Å².